The van der Waals surface area contributed by atoms with E-state index in [1.54, 1.807) is 0 Å². The summed E-state index contributed by atoms with van der Waals surface area (Å²) in [5.74, 6) is 0. The van der Waals surface area contributed by atoms with E-state index in [9.17, 15) is 0 Å². The summed E-state index contributed by atoms with van der Waals surface area (Å²) in [4.78, 5) is 0. The molecule has 13 heavy (non-hydrogen) atoms. The van der Waals surface area contributed by atoms with Crippen LogP contribution >= 0.6 is 11.6 Å². The van der Waals surface area contributed by atoms with Crippen LogP contribution in [0.4, 0.5) is 0 Å². The van der Waals surface area contributed by atoms with Gasteiger partial charge in [-0.2, -0.15) is 0 Å². The summed E-state index contributed by atoms with van der Waals surface area (Å²) >= 11 is 5.91. The van der Waals surface area contributed by atoms with Crippen LogP contribution < -0.4 is 0 Å². The third kappa shape index (κ3) is 2.23. The van der Waals surface area contributed by atoms with Gasteiger partial charge in [0.05, 0.1) is 6.10 Å². The number of benzene rings is 1. The number of hydrogen-bond donors (Lipinski definition) is 0. The molecule has 1 atom stereocenters. The van der Waals surface area contributed by atoms with Crippen molar-refractivity contribution in [1.82, 2.24) is 0 Å². The van der Waals surface area contributed by atoms with Crippen LogP contribution in [0.15, 0.2) is 24.3 Å². The molecule has 0 aliphatic carbocycles. The molecule has 0 N–H and O–H groups in total. The van der Waals surface area contributed by atoms with Gasteiger partial charge in [0.25, 0.3) is 0 Å². The Bertz CT molecular complexity index is 279. The maximum Gasteiger partial charge on any atom is 0.0825 e. The van der Waals surface area contributed by atoms with Crippen LogP contribution in [-0.4, -0.2) is 6.61 Å². The smallest absolute Gasteiger partial charge is 0.0825 e. The zero-order valence-corrected chi connectivity index (χ0v) is 8.26. The average Bonchev–Trinajstić information content (AvgIpc) is 2.19. The van der Waals surface area contributed by atoms with Gasteiger partial charge in [-0.05, 0) is 37.0 Å². The Hall–Kier alpha value is -0.530. The van der Waals surface area contributed by atoms with Crippen molar-refractivity contribution >= 4 is 11.6 Å². The summed E-state index contributed by atoms with van der Waals surface area (Å²) in [6, 6.07) is 7.96. The number of ether oxygens (including phenoxy) is 1. The lowest BCUT2D eigenvalue weighted by Crippen LogP contribution is -2.11. The highest BCUT2D eigenvalue weighted by atomic mass is 35.5. The Morgan fingerprint density at radius 1 is 1.31 bits per heavy atom. The minimum Gasteiger partial charge on any atom is -0.374 e. The lowest BCUT2D eigenvalue weighted by Gasteiger charge is -2.22. The van der Waals surface area contributed by atoms with E-state index in [4.69, 9.17) is 16.3 Å². The van der Waals surface area contributed by atoms with Gasteiger partial charge in [-0.15, -0.1) is 0 Å². The highest BCUT2D eigenvalue weighted by molar-refractivity contribution is 6.30. The largest absolute Gasteiger partial charge is 0.374 e. The topological polar surface area (TPSA) is 9.23 Å². The SMILES string of the molecule is Clc1cccc(C2CCCCO2)c1. The molecule has 0 aromatic heterocycles. The van der Waals surface area contributed by atoms with Gasteiger partial charge in [0.1, 0.15) is 0 Å². The molecule has 1 fully saturated rings. The monoisotopic (exact) mass is 196 g/mol. The first kappa shape index (κ1) is 9.04. The fourth-order valence-corrected chi connectivity index (χ4v) is 1.91. The number of halogens is 1. The van der Waals surface area contributed by atoms with E-state index in [0.717, 1.165) is 18.1 Å². The molecule has 0 saturated carbocycles. The molecule has 2 rings (SSSR count). The Morgan fingerprint density at radius 2 is 2.23 bits per heavy atom. The second kappa shape index (κ2) is 4.12. The van der Waals surface area contributed by atoms with Gasteiger partial charge in [-0.3, -0.25) is 0 Å². The van der Waals surface area contributed by atoms with Crippen LogP contribution in [0, 0.1) is 0 Å². The van der Waals surface area contributed by atoms with Gasteiger partial charge in [0.15, 0.2) is 0 Å². The molecule has 1 aromatic rings. The van der Waals surface area contributed by atoms with Gasteiger partial charge in [0.2, 0.25) is 0 Å². The van der Waals surface area contributed by atoms with Crippen molar-refractivity contribution in [2.24, 2.45) is 0 Å². The predicted octanol–water partition coefficient (Wildman–Crippen LogP) is 3.58. The third-order valence-corrected chi connectivity index (χ3v) is 2.64. The first-order chi connectivity index (χ1) is 6.36. The van der Waals surface area contributed by atoms with Crippen LogP contribution in [0.5, 0.6) is 0 Å². The van der Waals surface area contributed by atoms with Crippen molar-refractivity contribution in [3.8, 4) is 0 Å². The molecule has 1 heterocycles. The standard InChI is InChI=1S/C11H13ClO/c12-10-5-3-4-9(8-10)11-6-1-2-7-13-11/h3-5,8,11H,1-2,6-7H2. The number of rotatable bonds is 1. The van der Waals surface area contributed by atoms with Crippen LogP contribution in [0.3, 0.4) is 0 Å². The van der Waals surface area contributed by atoms with Crippen molar-refractivity contribution in [3.63, 3.8) is 0 Å². The van der Waals surface area contributed by atoms with Crippen molar-refractivity contribution in [1.29, 1.82) is 0 Å². The third-order valence-electron chi connectivity index (χ3n) is 2.40. The fourth-order valence-electron chi connectivity index (χ4n) is 1.71. The molecular formula is C11H13ClO. The molecule has 1 aliphatic rings. The van der Waals surface area contributed by atoms with Crippen LogP contribution in [0.2, 0.25) is 5.02 Å². The molecule has 1 unspecified atom stereocenters. The molecule has 70 valence electrons. The summed E-state index contributed by atoms with van der Waals surface area (Å²) in [7, 11) is 0. The summed E-state index contributed by atoms with van der Waals surface area (Å²) in [5, 5.41) is 0.798. The summed E-state index contributed by atoms with van der Waals surface area (Å²) in [6.45, 7) is 0.886. The van der Waals surface area contributed by atoms with E-state index >= 15 is 0 Å². The molecule has 1 aliphatic heterocycles. The molecule has 2 heteroatoms. The first-order valence-electron chi connectivity index (χ1n) is 4.73. The second-order valence-corrected chi connectivity index (χ2v) is 3.85. The van der Waals surface area contributed by atoms with Crippen molar-refractivity contribution in [2.45, 2.75) is 25.4 Å². The van der Waals surface area contributed by atoms with Crippen molar-refractivity contribution in [3.05, 3.63) is 34.9 Å². The molecule has 0 amide bonds. The molecule has 0 bridgehead atoms. The Morgan fingerprint density at radius 3 is 2.92 bits per heavy atom. The minimum absolute atomic E-state index is 0.271. The van der Waals surface area contributed by atoms with E-state index < -0.39 is 0 Å². The van der Waals surface area contributed by atoms with E-state index in [-0.39, 0.29) is 6.10 Å². The zero-order chi connectivity index (χ0) is 9.10. The van der Waals surface area contributed by atoms with Crippen molar-refractivity contribution < 1.29 is 4.74 Å². The van der Waals surface area contributed by atoms with Crippen LogP contribution in [-0.2, 0) is 4.74 Å². The normalized spacial score (nSPS) is 23.0. The van der Waals surface area contributed by atoms with Crippen molar-refractivity contribution in [2.75, 3.05) is 6.61 Å². The molecule has 1 aromatic carbocycles. The molecule has 0 radical (unpaired) electrons. The van der Waals surface area contributed by atoms with Gasteiger partial charge >= 0.3 is 0 Å². The van der Waals surface area contributed by atoms with Gasteiger partial charge in [-0.1, -0.05) is 23.7 Å². The van der Waals surface area contributed by atoms with E-state index in [0.29, 0.717) is 0 Å². The molecule has 0 spiro atoms. The highest BCUT2D eigenvalue weighted by Crippen LogP contribution is 2.28. The second-order valence-electron chi connectivity index (χ2n) is 3.41. The summed E-state index contributed by atoms with van der Waals surface area (Å²) < 4.78 is 5.66. The summed E-state index contributed by atoms with van der Waals surface area (Å²) in [6.07, 6.45) is 3.85. The highest BCUT2D eigenvalue weighted by Gasteiger charge is 2.15. The Labute approximate surface area is 83.7 Å². The maximum absolute atomic E-state index is 5.91. The quantitative estimate of drug-likeness (QED) is 0.667. The van der Waals surface area contributed by atoms with E-state index in [2.05, 4.69) is 6.07 Å². The first-order valence-corrected chi connectivity index (χ1v) is 5.11. The maximum atomic E-state index is 5.91. The Balaban J connectivity index is 2.14. The molecule has 1 saturated heterocycles. The van der Waals surface area contributed by atoms with Gasteiger partial charge in [0, 0.05) is 11.6 Å². The van der Waals surface area contributed by atoms with Gasteiger partial charge < -0.3 is 4.74 Å². The van der Waals surface area contributed by atoms with E-state index in [1.165, 1.54) is 18.4 Å². The lowest BCUT2D eigenvalue weighted by atomic mass is 10.0. The molecule has 1 nitrogen and oxygen atoms in total. The van der Waals surface area contributed by atoms with Crippen LogP contribution in [0.25, 0.3) is 0 Å². The Kier molecular flexibility index (Phi) is 2.87. The zero-order valence-electron chi connectivity index (χ0n) is 7.50. The lowest BCUT2D eigenvalue weighted by molar-refractivity contribution is 0.0149. The summed E-state index contributed by atoms with van der Waals surface area (Å²) in [5.41, 5.74) is 1.22. The molecular weight excluding hydrogens is 184 g/mol. The van der Waals surface area contributed by atoms with Gasteiger partial charge in [-0.25, -0.2) is 0 Å². The van der Waals surface area contributed by atoms with E-state index in [1.807, 2.05) is 18.2 Å². The fraction of sp³-hybridized carbons (Fsp3) is 0.455. The predicted molar refractivity (Wildman–Crippen MR) is 54.0 cm³/mol. The minimum atomic E-state index is 0.271. The number of hydrogen-bond acceptors (Lipinski definition) is 1. The average molecular weight is 197 g/mol. The van der Waals surface area contributed by atoms with Crippen LogP contribution in [0.1, 0.15) is 30.9 Å².